The molecule has 6 heteroatoms. The van der Waals surface area contributed by atoms with Crippen LogP contribution in [0.2, 0.25) is 0 Å². The van der Waals surface area contributed by atoms with Crippen LogP contribution >= 0.6 is 0 Å². The number of hydrogen-bond acceptors (Lipinski definition) is 3. The third kappa shape index (κ3) is 5.69. The Morgan fingerprint density at radius 2 is 2.00 bits per heavy atom. The second kappa shape index (κ2) is 7.99. The van der Waals surface area contributed by atoms with Crippen molar-refractivity contribution in [2.75, 3.05) is 20.3 Å². The van der Waals surface area contributed by atoms with E-state index in [1.54, 1.807) is 12.1 Å². The summed E-state index contributed by atoms with van der Waals surface area (Å²) in [6.45, 7) is 3.00. The Hall–Kier alpha value is -1.43. The van der Waals surface area contributed by atoms with Gasteiger partial charge >= 0.3 is 6.18 Å². The van der Waals surface area contributed by atoms with Crippen LogP contribution in [0, 0.1) is 0 Å². The second-order valence-corrected chi connectivity index (χ2v) is 4.34. The van der Waals surface area contributed by atoms with Crippen LogP contribution < -0.4 is 14.8 Å². The molecular formula is C14H20F3NO2. The van der Waals surface area contributed by atoms with Crippen molar-refractivity contribution in [2.45, 2.75) is 32.5 Å². The highest BCUT2D eigenvalue weighted by Gasteiger charge is 2.27. The Labute approximate surface area is 117 Å². The number of alkyl halides is 3. The third-order valence-electron chi connectivity index (χ3n) is 2.65. The monoisotopic (exact) mass is 291 g/mol. The first kappa shape index (κ1) is 16.6. The van der Waals surface area contributed by atoms with Crippen LogP contribution in [0.3, 0.4) is 0 Å². The molecule has 20 heavy (non-hydrogen) atoms. The Balaban J connectivity index is 2.73. The number of methoxy groups -OCH3 is 1. The van der Waals surface area contributed by atoms with Gasteiger partial charge in [0.05, 0.1) is 20.1 Å². The van der Waals surface area contributed by atoms with E-state index in [1.165, 1.54) is 7.11 Å². The average molecular weight is 291 g/mol. The van der Waals surface area contributed by atoms with Gasteiger partial charge in [0.2, 0.25) is 0 Å². The normalized spacial score (nSPS) is 11.4. The lowest BCUT2D eigenvalue weighted by Gasteiger charge is -2.16. The Kier molecular flexibility index (Phi) is 6.64. The fourth-order valence-electron chi connectivity index (χ4n) is 1.69. The standard InChI is InChI=1S/C14H20F3NO2/c1-3-8-18-10-11-5-4-6-12(19-2)13(11)20-9-7-14(15,16)17/h4-6,18H,3,7-10H2,1-2H3. The zero-order chi connectivity index (χ0) is 15.0. The topological polar surface area (TPSA) is 30.5 Å². The van der Waals surface area contributed by atoms with Crippen molar-refractivity contribution in [3.8, 4) is 11.5 Å². The van der Waals surface area contributed by atoms with Crippen molar-refractivity contribution < 1.29 is 22.6 Å². The maximum absolute atomic E-state index is 12.2. The summed E-state index contributed by atoms with van der Waals surface area (Å²) in [5, 5.41) is 3.19. The van der Waals surface area contributed by atoms with Crippen molar-refractivity contribution in [1.29, 1.82) is 0 Å². The van der Waals surface area contributed by atoms with Crippen molar-refractivity contribution in [3.05, 3.63) is 23.8 Å². The van der Waals surface area contributed by atoms with Gasteiger partial charge in [0.15, 0.2) is 11.5 Å². The van der Waals surface area contributed by atoms with Gasteiger partial charge in [0, 0.05) is 12.1 Å². The molecule has 0 amide bonds. The number of rotatable bonds is 8. The Bertz CT molecular complexity index is 408. The summed E-state index contributed by atoms with van der Waals surface area (Å²) in [7, 11) is 1.47. The SMILES string of the molecule is CCCNCc1cccc(OC)c1OCCC(F)(F)F. The van der Waals surface area contributed by atoms with Crippen LogP contribution in [-0.2, 0) is 6.54 Å². The molecule has 1 aromatic carbocycles. The molecule has 0 radical (unpaired) electrons. The summed E-state index contributed by atoms with van der Waals surface area (Å²) in [4.78, 5) is 0. The maximum atomic E-state index is 12.2. The van der Waals surface area contributed by atoms with Crippen molar-refractivity contribution >= 4 is 0 Å². The summed E-state index contributed by atoms with van der Waals surface area (Å²) in [5.74, 6) is 0.825. The van der Waals surface area contributed by atoms with E-state index in [2.05, 4.69) is 5.32 Å². The first-order chi connectivity index (χ1) is 9.48. The molecule has 0 spiro atoms. The number of ether oxygens (including phenoxy) is 2. The van der Waals surface area contributed by atoms with Gasteiger partial charge in [0.1, 0.15) is 0 Å². The van der Waals surface area contributed by atoms with E-state index >= 15 is 0 Å². The molecule has 114 valence electrons. The number of benzene rings is 1. The minimum absolute atomic E-state index is 0.378. The van der Waals surface area contributed by atoms with Crippen molar-refractivity contribution in [3.63, 3.8) is 0 Å². The number of para-hydroxylation sites is 1. The molecule has 0 aromatic heterocycles. The van der Waals surface area contributed by atoms with Gasteiger partial charge in [-0.15, -0.1) is 0 Å². The van der Waals surface area contributed by atoms with E-state index in [9.17, 15) is 13.2 Å². The predicted octanol–water partition coefficient (Wildman–Crippen LogP) is 3.53. The van der Waals surface area contributed by atoms with E-state index < -0.39 is 19.2 Å². The van der Waals surface area contributed by atoms with E-state index in [0.29, 0.717) is 18.0 Å². The first-order valence-electron chi connectivity index (χ1n) is 6.54. The summed E-state index contributed by atoms with van der Waals surface area (Å²) < 4.78 is 46.9. The maximum Gasteiger partial charge on any atom is 0.392 e. The Morgan fingerprint density at radius 3 is 2.60 bits per heavy atom. The van der Waals surface area contributed by atoms with E-state index in [4.69, 9.17) is 9.47 Å². The van der Waals surface area contributed by atoms with Gasteiger partial charge in [-0.2, -0.15) is 13.2 Å². The largest absolute Gasteiger partial charge is 0.493 e. The highest BCUT2D eigenvalue weighted by molar-refractivity contribution is 5.46. The molecule has 0 aliphatic rings. The molecule has 0 heterocycles. The molecule has 0 aliphatic carbocycles. The van der Waals surface area contributed by atoms with Gasteiger partial charge < -0.3 is 14.8 Å². The van der Waals surface area contributed by atoms with Crippen LogP contribution in [0.25, 0.3) is 0 Å². The average Bonchev–Trinajstić information content (AvgIpc) is 2.39. The summed E-state index contributed by atoms with van der Waals surface area (Å²) >= 11 is 0. The van der Waals surface area contributed by atoms with Crippen molar-refractivity contribution in [2.24, 2.45) is 0 Å². The molecule has 1 N–H and O–H groups in total. The van der Waals surface area contributed by atoms with Gasteiger partial charge in [-0.25, -0.2) is 0 Å². The van der Waals surface area contributed by atoms with Gasteiger partial charge in [-0.05, 0) is 19.0 Å². The molecule has 0 bridgehead atoms. The lowest BCUT2D eigenvalue weighted by Crippen LogP contribution is -2.17. The lowest BCUT2D eigenvalue weighted by molar-refractivity contribution is -0.139. The third-order valence-corrected chi connectivity index (χ3v) is 2.65. The van der Waals surface area contributed by atoms with Crippen LogP contribution in [0.5, 0.6) is 11.5 Å². The van der Waals surface area contributed by atoms with E-state index in [-0.39, 0.29) is 0 Å². The van der Waals surface area contributed by atoms with Gasteiger partial charge in [0.25, 0.3) is 0 Å². The molecular weight excluding hydrogens is 271 g/mol. The molecule has 1 rings (SSSR count). The van der Waals surface area contributed by atoms with E-state index in [0.717, 1.165) is 18.5 Å². The van der Waals surface area contributed by atoms with Crippen LogP contribution in [0.4, 0.5) is 13.2 Å². The Morgan fingerprint density at radius 1 is 1.25 bits per heavy atom. The number of halogens is 3. The summed E-state index contributed by atoms with van der Waals surface area (Å²) in [6.07, 6.45) is -4.22. The van der Waals surface area contributed by atoms with Crippen LogP contribution in [0.15, 0.2) is 18.2 Å². The minimum Gasteiger partial charge on any atom is -0.493 e. The number of hydrogen-bond donors (Lipinski definition) is 1. The molecule has 0 fully saturated rings. The zero-order valence-electron chi connectivity index (χ0n) is 11.7. The fraction of sp³-hybridized carbons (Fsp3) is 0.571. The highest BCUT2D eigenvalue weighted by Crippen LogP contribution is 2.32. The minimum atomic E-state index is -4.22. The number of nitrogens with one attached hydrogen (secondary N) is 1. The molecule has 0 atom stereocenters. The molecule has 0 saturated heterocycles. The van der Waals surface area contributed by atoms with Crippen LogP contribution in [0.1, 0.15) is 25.3 Å². The zero-order valence-corrected chi connectivity index (χ0v) is 11.7. The van der Waals surface area contributed by atoms with Crippen molar-refractivity contribution in [1.82, 2.24) is 5.32 Å². The quantitative estimate of drug-likeness (QED) is 0.743. The van der Waals surface area contributed by atoms with Gasteiger partial charge in [-0.1, -0.05) is 19.1 Å². The molecule has 3 nitrogen and oxygen atoms in total. The fourth-order valence-corrected chi connectivity index (χ4v) is 1.69. The van der Waals surface area contributed by atoms with E-state index in [1.807, 2.05) is 13.0 Å². The van der Waals surface area contributed by atoms with Crippen LogP contribution in [-0.4, -0.2) is 26.4 Å². The summed E-state index contributed by atoms with van der Waals surface area (Å²) in [5.41, 5.74) is 0.792. The molecule has 1 aromatic rings. The smallest absolute Gasteiger partial charge is 0.392 e. The lowest BCUT2D eigenvalue weighted by atomic mass is 10.2. The first-order valence-corrected chi connectivity index (χ1v) is 6.54. The van der Waals surface area contributed by atoms with Gasteiger partial charge in [-0.3, -0.25) is 0 Å². The second-order valence-electron chi connectivity index (χ2n) is 4.34. The summed E-state index contributed by atoms with van der Waals surface area (Å²) in [6, 6.07) is 5.28. The molecule has 0 aliphatic heterocycles. The highest BCUT2D eigenvalue weighted by atomic mass is 19.4. The molecule has 0 unspecified atom stereocenters. The molecule has 0 saturated carbocycles. The predicted molar refractivity (Wildman–Crippen MR) is 71.2 cm³/mol.